The van der Waals surface area contributed by atoms with Crippen molar-refractivity contribution in [2.45, 2.75) is 83.9 Å². The molecule has 0 amide bonds. The Bertz CT molecular complexity index is 1140. The number of aryl methyl sites for hydroxylation is 1. The minimum Gasteiger partial charge on any atom is -0.489 e. The minimum atomic E-state index is -4.62. The van der Waals surface area contributed by atoms with Gasteiger partial charge in [-0.15, -0.1) is 0 Å². The summed E-state index contributed by atoms with van der Waals surface area (Å²) in [4.78, 5) is 9.01. The number of ether oxygens (including phenoxy) is 1. The van der Waals surface area contributed by atoms with E-state index in [-0.39, 0.29) is 12.4 Å². The second-order valence-electron chi connectivity index (χ2n) is 9.30. The van der Waals surface area contributed by atoms with Crippen LogP contribution in [0, 0.1) is 11.3 Å². The van der Waals surface area contributed by atoms with Crippen LogP contribution in [0.1, 0.15) is 87.0 Å². The van der Waals surface area contributed by atoms with Crippen LogP contribution in [0.3, 0.4) is 0 Å². The lowest BCUT2D eigenvalue weighted by Crippen LogP contribution is -2.08. The fourth-order valence-electron chi connectivity index (χ4n) is 4.13. The molecule has 0 bridgehead atoms. The van der Waals surface area contributed by atoms with Crippen molar-refractivity contribution < 1.29 is 17.9 Å². The van der Waals surface area contributed by atoms with Crippen LogP contribution in [0.5, 0.6) is 5.75 Å². The maximum absolute atomic E-state index is 13.1. The number of rotatable bonds is 14. The zero-order valence-corrected chi connectivity index (χ0v) is 21.4. The van der Waals surface area contributed by atoms with E-state index >= 15 is 0 Å². The lowest BCUT2D eigenvalue weighted by atomic mass is 10.1. The van der Waals surface area contributed by atoms with E-state index in [0.717, 1.165) is 41.7 Å². The van der Waals surface area contributed by atoms with E-state index in [9.17, 15) is 13.2 Å². The van der Waals surface area contributed by atoms with Gasteiger partial charge in [-0.25, -0.2) is 9.97 Å². The Hall–Kier alpha value is -3.40. The van der Waals surface area contributed by atoms with Crippen molar-refractivity contribution >= 4 is 0 Å². The van der Waals surface area contributed by atoms with Crippen molar-refractivity contribution in [3.63, 3.8) is 0 Å². The molecule has 2 aromatic carbocycles. The fourth-order valence-corrected chi connectivity index (χ4v) is 4.13. The molecule has 0 atom stereocenters. The summed E-state index contributed by atoms with van der Waals surface area (Å²) in [5, 5.41) is 8.91. The first kappa shape index (κ1) is 28.2. The average Bonchev–Trinajstić information content (AvgIpc) is 2.91. The average molecular weight is 510 g/mol. The number of unbranched alkanes of at least 4 members (excludes halogenated alkanes) is 8. The lowest BCUT2D eigenvalue weighted by molar-refractivity contribution is -0.137. The van der Waals surface area contributed by atoms with Crippen LogP contribution in [0.25, 0.3) is 11.4 Å². The second-order valence-corrected chi connectivity index (χ2v) is 9.30. The quantitative estimate of drug-likeness (QED) is 0.204. The molecule has 196 valence electrons. The molecule has 3 aromatic rings. The molecule has 7 heteroatoms. The number of benzene rings is 2. The smallest absolute Gasteiger partial charge is 0.417 e. The van der Waals surface area contributed by atoms with E-state index < -0.39 is 17.3 Å². The van der Waals surface area contributed by atoms with Crippen molar-refractivity contribution in [1.29, 1.82) is 5.26 Å². The van der Waals surface area contributed by atoms with Gasteiger partial charge in [-0.1, -0.05) is 82.6 Å². The summed E-state index contributed by atoms with van der Waals surface area (Å²) in [5.74, 6) is 0.687. The van der Waals surface area contributed by atoms with Crippen LogP contribution in [0.4, 0.5) is 13.2 Å². The van der Waals surface area contributed by atoms with E-state index in [2.05, 4.69) is 16.9 Å². The van der Waals surface area contributed by atoms with Gasteiger partial charge in [0.25, 0.3) is 0 Å². The summed E-state index contributed by atoms with van der Waals surface area (Å²) in [5.41, 5.74) is 1.36. The first-order valence-electron chi connectivity index (χ1n) is 13.0. The molecule has 3 rings (SSSR count). The molecule has 0 saturated heterocycles. The van der Waals surface area contributed by atoms with Crippen LogP contribution >= 0.6 is 0 Å². The first-order valence-corrected chi connectivity index (χ1v) is 13.0. The molecule has 0 aliphatic rings. The summed E-state index contributed by atoms with van der Waals surface area (Å²) >= 11 is 0. The number of halogens is 3. The zero-order valence-electron chi connectivity index (χ0n) is 21.4. The fraction of sp³-hybridized carbons (Fsp3) is 0.433. The third-order valence-electron chi connectivity index (χ3n) is 6.31. The Morgan fingerprint density at radius 2 is 1.43 bits per heavy atom. The molecule has 0 spiro atoms. The highest BCUT2D eigenvalue weighted by Crippen LogP contribution is 2.34. The number of alkyl halides is 3. The molecule has 0 aliphatic carbocycles. The van der Waals surface area contributed by atoms with Gasteiger partial charge in [0.15, 0.2) is 5.82 Å². The summed E-state index contributed by atoms with van der Waals surface area (Å²) in [6.07, 6.45) is 11.8. The van der Waals surface area contributed by atoms with Gasteiger partial charge in [0, 0.05) is 18.0 Å². The highest BCUT2D eigenvalue weighted by Gasteiger charge is 2.34. The van der Waals surface area contributed by atoms with E-state index in [1.54, 1.807) is 6.07 Å². The van der Waals surface area contributed by atoms with Gasteiger partial charge < -0.3 is 4.74 Å². The normalized spacial score (nSPS) is 11.3. The summed E-state index contributed by atoms with van der Waals surface area (Å²) in [6.45, 7) is 2.34. The number of aromatic nitrogens is 2. The molecule has 0 fully saturated rings. The van der Waals surface area contributed by atoms with E-state index in [4.69, 9.17) is 10.00 Å². The molecule has 1 heterocycles. The standard InChI is InChI=1S/C30H34F3N3O/c1-2-3-4-5-6-7-8-9-10-11-24-20-35-29(36-21-24)25-14-12-23(13-15-25)22-37-27-17-16-26(19-34)28(18-27)30(31,32)33/h12-18,20-21H,2-11,22H2,1H3. The largest absolute Gasteiger partial charge is 0.489 e. The second kappa shape index (κ2) is 14.4. The van der Waals surface area contributed by atoms with Gasteiger partial charge >= 0.3 is 6.18 Å². The van der Waals surface area contributed by atoms with Crippen molar-refractivity contribution in [2.75, 3.05) is 0 Å². The first-order chi connectivity index (χ1) is 17.9. The van der Waals surface area contributed by atoms with Crippen LogP contribution in [0.15, 0.2) is 54.9 Å². The van der Waals surface area contributed by atoms with Crippen LogP contribution in [-0.4, -0.2) is 9.97 Å². The number of nitrogens with zero attached hydrogens (tertiary/aromatic N) is 3. The Morgan fingerprint density at radius 3 is 2.03 bits per heavy atom. The Balaban J connectivity index is 1.45. The van der Waals surface area contributed by atoms with Crippen molar-refractivity contribution in [2.24, 2.45) is 0 Å². The van der Waals surface area contributed by atoms with Crippen LogP contribution < -0.4 is 4.74 Å². The highest BCUT2D eigenvalue weighted by molar-refractivity contribution is 5.55. The molecule has 4 nitrogen and oxygen atoms in total. The Kier molecular flexibility index (Phi) is 10.9. The van der Waals surface area contributed by atoms with E-state index in [1.807, 2.05) is 36.7 Å². The maximum atomic E-state index is 13.1. The van der Waals surface area contributed by atoms with E-state index in [0.29, 0.717) is 5.82 Å². The number of nitriles is 1. The maximum Gasteiger partial charge on any atom is 0.417 e. The molecule has 1 aromatic heterocycles. The molecular formula is C30H34F3N3O. The van der Waals surface area contributed by atoms with Crippen LogP contribution in [-0.2, 0) is 19.2 Å². The van der Waals surface area contributed by atoms with Gasteiger partial charge in [0.2, 0.25) is 0 Å². The van der Waals surface area contributed by atoms with Crippen molar-refractivity contribution in [3.05, 3.63) is 77.1 Å². The predicted molar refractivity (Wildman–Crippen MR) is 139 cm³/mol. The molecule has 0 unspecified atom stereocenters. The Morgan fingerprint density at radius 1 is 0.811 bits per heavy atom. The lowest BCUT2D eigenvalue weighted by Gasteiger charge is -2.12. The molecule has 37 heavy (non-hydrogen) atoms. The third-order valence-corrected chi connectivity index (χ3v) is 6.31. The molecular weight excluding hydrogens is 475 g/mol. The Labute approximate surface area is 217 Å². The molecule has 0 saturated carbocycles. The topological polar surface area (TPSA) is 58.8 Å². The van der Waals surface area contributed by atoms with Gasteiger partial charge in [0.1, 0.15) is 12.4 Å². The van der Waals surface area contributed by atoms with Gasteiger partial charge in [-0.3, -0.25) is 0 Å². The summed E-state index contributed by atoms with van der Waals surface area (Å²) in [6, 6.07) is 12.3. The molecule has 0 aliphatic heterocycles. The van der Waals surface area contributed by atoms with Crippen molar-refractivity contribution in [3.8, 4) is 23.2 Å². The summed E-state index contributed by atoms with van der Waals surface area (Å²) < 4.78 is 45.0. The third kappa shape index (κ3) is 9.20. The van der Waals surface area contributed by atoms with Gasteiger partial charge in [0.05, 0.1) is 17.2 Å². The van der Waals surface area contributed by atoms with Gasteiger partial charge in [-0.05, 0) is 42.2 Å². The van der Waals surface area contributed by atoms with Gasteiger partial charge in [-0.2, -0.15) is 18.4 Å². The zero-order chi connectivity index (χ0) is 26.5. The van der Waals surface area contributed by atoms with E-state index in [1.165, 1.54) is 57.4 Å². The summed E-state index contributed by atoms with van der Waals surface area (Å²) in [7, 11) is 0. The number of hydrogen-bond acceptors (Lipinski definition) is 4. The number of hydrogen-bond donors (Lipinski definition) is 0. The molecule has 0 N–H and O–H groups in total. The highest BCUT2D eigenvalue weighted by atomic mass is 19.4. The SMILES string of the molecule is CCCCCCCCCCCc1cnc(-c2ccc(COc3ccc(C#N)c(C(F)(F)F)c3)cc2)nc1. The minimum absolute atomic E-state index is 0.0568. The van der Waals surface area contributed by atoms with Crippen LogP contribution in [0.2, 0.25) is 0 Å². The monoisotopic (exact) mass is 509 g/mol. The molecule has 0 radical (unpaired) electrons. The van der Waals surface area contributed by atoms with Crippen molar-refractivity contribution in [1.82, 2.24) is 9.97 Å². The predicted octanol–water partition coefficient (Wildman–Crippen LogP) is 8.69.